The molecule has 0 saturated heterocycles. The third-order valence-electron chi connectivity index (χ3n) is 3.89. The molecule has 1 aromatic rings. The fraction of sp³-hybridized carbons (Fsp3) is 0.550. The zero-order chi connectivity index (χ0) is 21.6. The van der Waals surface area contributed by atoms with E-state index < -0.39 is 17.8 Å². The van der Waals surface area contributed by atoms with Gasteiger partial charge in [-0.3, -0.25) is 9.69 Å². The number of anilines is 1. The molecule has 1 aromatic carbocycles. The topological polar surface area (TPSA) is 101 Å². The van der Waals surface area contributed by atoms with Crippen molar-refractivity contribution >= 4 is 29.3 Å². The van der Waals surface area contributed by atoms with Crippen LogP contribution in [0.3, 0.4) is 0 Å². The first kappa shape index (κ1) is 22.6. The number of nitrogens with one attached hydrogen (secondary N) is 1. The number of benzene rings is 1. The first-order chi connectivity index (χ1) is 13.7. The van der Waals surface area contributed by atoms with Crippen LogP contribution in [0.1, 0.15) is 40.5 Å². The number of ether oxygens (including phenoxy) is 3. The molecule has 0 radical (unpaired) electrons. The van der Waals surface area contributed by atoms with Crippen molar-refractivity contribution in [3.63, 3.8) is 0 Å². The SMILES string of the molecule is CCOc1cc2c(cc1Cl)N(C(=O)OC(C)(C)C)CC(C(=O)NCCCC#N)O2. The lowest BCUT2D eigenvalue weighted by Crippen LogP contribution is -2.51. The highest BCUT2D eigenvalue weighted by Crippen LogP contribution is 2.41. The van der Waals surface area contributed by atoms with Crippen LogP contribution in [0.4, 0.5) is 10.5 Å². The maximum Gasteiger partial charge on any atom is 0.415 e. The van der Waals surface area contributed by atoms with Gasteiger partial charge in [0.25, 0.3) is 5.91 Å². The minimum Gasteiger partial charge on any atom is -0.492 e. The summed E-state index contributed by atoms with van der Waals surface area (Å²) >= 11 is 6.28. The minimum absolute atomic E-state index is 0.0314. The third kappa shape index (κ3) is 6.16. The van der Waals surface area contributed by atoms with Gasteiger partial charge in [-0.2, -0.15) is 5.26 Å². The summed E-state index contributed by atoms with van der Waals surface area (Å²) in [7, 11) is 0. The van der Waals surface area contributed by atoms with E-state index in [9.17, 15) is 9.59 Å². The number of unbranched alkanes of at least 4 members (excludes halogenated alkanes) is 1. The number of halogens is 1. The Morgan fingerprint density at radius 2 is 2.14 bits per heavy atom. The fourth-order valence-corrected chi connectivity index (χ4v) is 2.88. The molecule has 0 aromatic heterocycles. The van der Waals surface area contributed by atoms with Crippen molar-refractivity contribution in [3.05, 3.63) is 17.2 Å². The Bertz CT molecular complexity index is 801. The van der Waals surface area contributed by atoms with Crippen LogP contribution in [0.25, 0.3) is 0 Å². The van der Waals surface area contributed by atoms with Crippen molar-refractivity contribution in [1.29, 1.82) is 5.26 Å². The molecule has 9 heteroatoms. The summed E-state index contributed by atoms with van der Waals surface area (Å²) in [5, 5.41) is 11.6. The van der Waals surface area contributed by atoms with Gasteiger partial charge in [-0.05, 0) is 40.2 Å². The minimum atomic E-state index is -0.937. The number of carbonyl (C=O) groups is 2. The lowest BCUT2D eigenvalue weighted by molar-refractivity contribution is -0.127. The molecule has 2 amide bonds. The molecular formula is C20H26ClN3O5. The van der Waals surface area contributed by atoms with E-state index in [0.29, 0.717) is 48.2 Å². The van der Waals surface area contributed by atoms with Gasteiger partial charge in [0.1, 0.15) is 17.1 Å². The molecular weight excluding hydrogens is 398 g/mol. The van der Waals surface area contributed by atoms with E-state index in [1.165, 1.54) is 4.90 Å². The molecule has 1 N–H and O–H groups in total. The monoisotopic (exact) mass is 423 g/mol. The molecule has 2 rings (SSSR count). The molecule has 8 nitrogen and oxygen atoms in total. The van der Waals surface area contributed by atoms with Crippen molar-refractivity contribution < 1.29 is 23.8 Å². The van der Waals surface area contributed by atoms with E-state index in [0.717, 1.165) is 0 Å². The van der Waals surface area contributed by atoms with E-state index in [1.807, 2.05) is 13.0 Å². The van der Waals surface area contributed by atoms with Crippen LogP contribution >= 0.6 is 11.6 Å². The number of nitriles is 1. The normalized spacial score (nSPS) is 15.6. The van der Waals surface area contributed by atoms with Crippen LogP contribution in [0.15, 0.2) is 12.1 Å². The van der Waals surface area contributed by atoms with Crippen molar-refractivity contribution in [1.82, 2.24) is 5.32 Å². The van der Waals surface area contributed by atoms with Crippen molar-refractivity contribution in [2.45, 2.75) is 52.2 Å². The number of fused-ring (bicyclic) bond motifs is 1. The Labute approximate surface area is 175 Å². The summed E-state index contributed by atoms with van der Waals surface area (Å²) < 4.78 is 16.8. The maximum atomic E-state index is 12.8. The van der Waals surface area contributed by atoms with Gasteiger partial charge in [0.2, 0.25) is 0 Å². The maximum absolute atomic E-state index is 12.8. The van der Waals surface area contributed by atoms with Gasteiger partial charge in [-0.25, -0.2) is 4.79 Å². The van der Waals surface area contributed by atoms with Crippen LogP contribution in [-0.2, 0) is 9.53 Å². The Hall–Kier alpha value is -2.66. The van der Waals surface area contributed by atoms with Crippen LogP contribution in [0.5, 0.6) is 11.5 Å². The van der Waals surface area contributed by atoms with E-state index in [2.05, 4.69) is 5.32 Å². The second-order valence-electron chi connectivity index (χ2n) is 7.43. The molecule has 1 aliphatic rings. The van der Waals surface area contributed by atoms with Gasteiger partial charge in [-0.1, -0.05) is 11.6 Å². The van der Waals surface area contributed by atoms with Crippen molar-refractivity contribution in [2.75, 3.05) is 24.6 Å². The average molecular weight is 424 g/mol. The predicted octanol–water partition coefficient (Wildman–Crippen LogP) is 3.66. The van der Waals surface area contributed by atoms with E-state index >= 15 is 0 Å². The standard InChI is InChI=1S/C20H26ClN3O5/c1-5-27-15-11-16-14(10-13(15)21)24(19(26)29-20(2,3)4)12-17(28-16)18(25)23-9-7-6-8-22/h10-11,17H,5-7,9,12H2,1-4H3,(H,23,25). The lowest BCUT2D eigenvalue weighted by atomic mass is 10.1. The van der Waals surface area contributed by atoms with E-state index in [1.54, 1.807) is 32.9 Å². The Morgan fingerprint density at radius 3 is 2.76 bits per heavy atom. The number of hydrogen-bond acceptors (Lipinski definition) is 6. The largest absolute Gasteiger partial charge is 0.492 e. The summed E-state index contributed by atoms with van der Waals surface area (Å²) in [6.07, 6.45) is -0.669. The first-order valence-electron chi connectivity index (χ1n) is 9.44. The van der Waals surface area contributed by atoms with Crippen molar-refractivity contribution in [2.24, 2.45) is 0 Å². The van der Waals surface area contributed by atoms with Gasteiger partial charge in [0.05, 0.1) is 29.9 Å². The molecule has 1 heterocycles. The van der Waals surface area contributed by atoms with E-state index in [-0.39, 0.29) is 12.5 Å². The zero-order valence-electron chi connectivity index (χ0n) is 17.1. The van der Waals surface area contributed by atoms with Gasteiger partial charge >= 0.3 is 6.09 Å². The Morgan fingerprint density at radius 1 is 1.41 bits per heavy atom. The Kier molecular flexibility index (Phi) is 7.57. The summed E-state index contributed by atoms with van der Waals surface area (Å²) in [6, 6.07) is 5.15. The molecule has 1 aliphatic heterocycles. The number of amides is 2. The molecule has 0 fully saturated rings. The smallest absolute Gasteiger partial charge is 0.415 e. The second-order valence-corrected chi connectivity index (χ2v) is 7.84. The highest BCUT2D eigenvalue weighted by atomic mass is 35.5. The molecule has 1 unspecified atom stereocenters. The third-order valence-corrected chi connectivity index (χ3v) is 4.19. The number of hydrogen-bond donors (Lipinski definition) is 1. The van der Waals surface area contributed by atoms with Gasteiger partial charge < -0.3 is 19.5 Å². The van der Waals surface area contributed by atoms with Gasteiger partial charge in [-0.15, -0.1) is 0 Å². The number of rotatable bonds is 6. The van der Waals surface area contributed by atoms with Crippen LogP contribution in [0.2, 0.25) is 5.02 Å². The van der Waals surface area contributed by atoms with Crippen LogP contribution < -0.4 is 19.7 Å². The zero-order valence-corrected chi connectivity index (χ0v) is 17.8. The first-order valence-corrected chi connectivity index (χ1v) is 9.82. The quantitative estimate of drug-likeness (QED) is 0.700. The molecule has 29 heavy (non-hydrogen) atoms. The molecule has 1 atom stereocenters. The number of nitrogens with zero attached hydrogens (tertiary/aromatic N) is 2. The summed E-state index contributed by atoms with van der Waals surface area (Å²) in [6.45, 7) is 7.81. The fourth-order valence-electron chi connectivity index (χ4n) is 2.67. The van der Waals surface area contributed by atoms with Crippen molar-refractivity contribution in [3.8, 4) is 17.6 Å². The lowest BCUT2D eigenvalue weighted by Gasteiger charge is -2.35. The predicted molar refractivity (Wildman–Crippen MR) is 108 cm³/mol. The molecule has 0 aliphatic carbocycles. The Balaban J connectivity index is 2.30. The summed E-state index contributed by atoms with van der Waals surface area (Å²) in [5.74, 6) is 0.314. The van der Waals surface area contributed by atoms with Gasteiger partial charge in [0.15, 0.2) is 6.10 Å². The summed E-state index contributed by atoms with van der Waals surface area (Å²) in [5.41, 5.74) is -0.305. The average Bonchev–Trinajstić information content (AvgIpc) is 2.63. The van der Waals surface area contributed by atoms with E-state index in [4.69, 9.17) is 31.1 Å². The second kappa shape index (κ2) is 9.70. The molecule has 0 bridgehead atoms. The number of carbonyl (C=O) groups excluding carboxylic acids is 2. The molecule has 0 saturated carbocycles. The highest BCUT2D eigenvalue weighted by Gasteiger charge is 2.36. The molecule has 158 valence electrons. The summed E-state index contributed by atoms with van der Waals surface area (Å²) in [4.78, 5) is 26.7. The highest BCUT2D eigenvalue weighted by molar-refractivity contribution is 6.32. The van der Waals surface area contributed by atoms with Crippen LogP contribution in [-0.4, -0.2) is 43.4 Å². The molecule has 0 spiro atoms. The van der Waals surface area contributed by atoms with Gasteiger partial charge in [0, 0.05) is 19.0 Å². The van der Waals surface area contributed by atoms with Crippen LogP contribution in [0, 0.1) is 11.3 Å².